The zero-order valence-corrected chi connectivity index (χ0v) is 7.89. The van der Waals surface area contributed by atoms with E-state index in [2.05, 4.69) is 0 Å². The van der Waals surface area contributed by atoms with Crippen molar-refractivity contribution in [3.05, 3.63) is 18.2 Å². The number of ether oxygens (including phenoxy) is 1. The molecule has 0 saturated carbocycles. The minimum atomic E-state index is 0.176. The van der Waals surface area contributed by atoms with Crippen molar-refractivity contribution in [1.29, 1.82) is 0 Å². The zero-order valence-electron chi connectivity index (χ0n) is 7.07. The van der Waals surface area contributed by atoms with Crippen LogP contribution >= 0.6 is 11.3 Å². The number of anilines is 1. The van der Waals surface area contributed by atoms with Crippen LogP contribution in [0, 0.1) is 0 Å². The van der Waals surface area contributed by atoms with Crippen LogP contribution in [0.2, 0.25) is 0 Å². The lowest BCUT2D eigenvalue weighted by atomic mass is 10.2. The Hall–Kier alpha value is -1.42. The summed E-state index contributed by atoms with van der Waals surface area (Å²) < 4.78 is 5.87. The largest absolute Gasteiger partial charge is 0.503 e. The molecule has 68 valence electrons. The minimum absolute atomic E-state index is 0.176. The molecule has 0 fully saturated rings. The third-order valence-corrected chi connectivity index (χ3v) is 3.08. The monoisotopic (exact) mass is 195 g/mol. The Balaban J connectivity index is 2.83. The minimum Gasteiger partial charge on any atom is -0.503 e. The van der Waals surface area contributed by atoms with Gasteiger partial charge in [0.05, 0.1) is 11.8 Å². The van der Waals surface area contributed by atoms with Gasteiger partial charge in [-0.25, -0.2) is 0 Å². The second-order valence-corrected chi connectivity index (χ2v) is 3.65. The van der Waals surface area contributed by atoms with E-state index >= 15 is 0 Å². The predicted molar refractivity (Wildman–Crippen MR) is 54.5 cm³/mol. The first-order valence-electron chi connectivity index (χ1n) is 3.78. The Bertz CT molecular complexity index is 450. The van der Waals surface area contributed by atoms with Crippen molar-refractivity contribution in [2.45, 2.75) is 0 Å². The van der Waals surface area contributed by atoms with Crippen molar-refractivity contribution < 1.29 is 9.84 Å². The molecule has 2 aromatic rings. The lowest BCUT2D eigenvalue weighted by Crippen LogP contribution is -1.81. The standard InChI is InChI=1S/C9H9NO2S/c1-12-9-7(11)5-3-2-4-6(10)8(5)13-9/h2-4,11H,10H2,1H3. The topological polar surface area (TPSA) is 55.5 Å². The summed E-state index contributed by atoms with van der Waals surface area (Å²) in [5.74, 6) is 0.176. The summed E-state index contributed by atoms with van der Waals surface area (Å²) in [6, 6.07) is 5.43. The number of hydrogen-bond acceptors (Lipinski definition) is 4. The second-order valence-electron chi connectivity index (χ2n) is 2.67. The van der Waals surface area contributed by atoms with E-state index < -0.39 is 0 Å². The molecule has 1 aromatic heterocycles. The zero-order chi connectivity index (χ0) is 9.42. The first-order chi connectivity index (χ1) is 6.24. The summed E-state index contributed by atoms with van der Waals surface area (Å²) >= 11 is 1.35. The molecule has 0 aliphatic rings. The van der Waals surface area contributed by atoms with Gasteiger partial charge in [0, 0.05) is 11.1 Å². The fourth-order valence-corrected chi connectivity index (χ4v) is 2.18. The summed E-state index contributed by atoms with van der Waals surface area (Å²) in [6.45, 7) is 0. The number of nitrogen functional groups attached to an aromatic ring is 1. The Morgan fingerprint density at radius 2 is 2.23 bits per heavy atom. The fraction of sp³-hybridized carbons (Fsp3) is 0.111. The number of benzene rings is 1. The van der Waals surface area contributed by atoms with Gasteiger partial charge in [0.1, 0.15) is 0 Å². The average Bonchev–Trinajstić information content (AvgIpc) is 2.45. The van der Waals surface area contributed by atoms with Crippen LogP contribution in [-0.4, -0.2) is 12.2 Å². The van der Waals surface area contributed by atoms with Gasteiger partial charge in [0.2, 0.25) is 5.06 Å². The molecule has 3 nitrogen and oxygen atoms in total. The van der Waals surface area contributed by atoms with Gasteiger partial charge >= 0.3 is 0 Å². The van der Waals surface area contributed by atoms with Crippen LogP contribution in [0.4, 0.5) is 5.69 Å². The van der Waals surface area contributed by atoms with Crippen molar-refractivity contribution in [2.24, 2.45) is 0 Å². The highest BCUT2D eigenvalue weighted by molar-refractivity contribution is 7.21. The molecule has 0 saturated heterocycles. The molecule has 0 aliphatic heterocycles. The van der Waals surface area contributed by atoms with Gasteiger partial charge in [-0.05, 0) is 12.1 Å². The summed E-state index contributed by atoms with van der Waals surface area (Å²) in [7, 11) is 1.53. The Morgan fingerprint density at radius 1 is 1.46 bits per heavy atom. The molecule has 0 spiro atoms. The molecular formula is C9H9NO2S. The van der Waals surface area contributed by atoms with Crippen LogP contribution in [0.5, 0.6) is 10.8 Å². The Kier molecular flexibility index (Phi) is 1.77. The van der Waals surface area contributed by atoms with Crippen LogP contribution in [0.25, 0.3) is 10.1 Å². The molecule has 0 amide bonds. The van der Waals surface area contributed by atoms with E-state index in [0.717, 1.165) is 10.1 Å². The van der Waals surface area contributed by atoms with Gasteiger partial charge in [0.25, 0.3) is 0 Å². The fourth-order valence-electron chi connectivity index (χ4n) is 1.24. The van der Waals surface area contributed by atoms with Gasteiger partial charge in [-0.15, -0.1) is 0 Å². The quantitative estimate of drug-likeness (QED) is 0.686. The van der Waals surface area contributed by atoms with Crippen molar-refractivity contribution in [2.75, 3.05) is 12.8 Å². The molecule has 1 heterocycles. The maximum absolute atomic E-state index is 9.64. The van der Waals surface area contributed by atoms with E-state index in [-0.39, 0.29) is 5.75 Å². The van der Waals surface area contributed by atoms with Crippen LogP contribution < -0.4 is 10.5 Å². The van der Waals surface area contributed by atoms with Gasteiger partial charge in [-0.2, -0.15) is 0 Å². The van der Waals surface area contributed by atoms with Gasteiger partial charge in [-0.1, -0.05) is 17.4 Å². The third kappa shape index (κ3) is 1.10. The highest BCUT2D eigenvalue weighted by atomic mass is 32.1. The number of hydrogen-bond donors (Lipinski definition) is 2. The summed E-state index contributed by atoms with van der Waals surface area (Å²) in [5, 5.41) is 10.9. The molecule has 2 rings (SSSR count). The van der Waals surface area contributed by atoms with Gasteiger partial charge in [0.15, 0.2) is 5.75 Å². The molecule has 0 atom stereocenters. The van der Waals surface area contributed by atoms with E-state index in [1.54, 1.807) is 6.07 Å². The molecule has 0 radical (unpaired) electrons. The molecule has 1 aromatic carbocycles. The van der Waals surface area contributed by atoms with Crippen molar-refractivity contribution in [3.63, 3.8) is 0 Å². The molecule has 13 heavy (non-hydrogen) atoms. The summed E-state index contributed by atoms with van der Waals surface area (Å²) in [5.41, 5.74) is 6.40. The van der Waals surface area contributed by atoms with Crippen LogP contribution in [0.3, 0.4) is 0 Å². The maximum atomic E-state index is 9.64. The van der Waals surface area contributed by atoms with Crippen molar-refractivity contribution >= 4 is 27.1 Å². The molecule has 0 unspecified atom stereocenters. The molecule has 3 N–H and O–H groups in total. The van der Waals surface area contributed by atoms with Crippen LogP contribution in [0.1, 0.15) is 0 Å². The lowest BCUT2D eigenvalue weighted by molar-refractivity contribution is 0.388. The number of thiophene rings is 1. The SMILES string of the molecule is COc1sc2c(N)cccc2c1O. The number of rotatable bonds is 1. The van der Waals surface area contributed by atoms with E-state index in [4.69, 9.17) is 10.5 Å². The first-order valence-corrected chi connectivity index (χ1v) is 4.59. The molecular weight excluding hydrogens is 186 g/mol. The van der Waals surface area contributed by atoms with Gasteiger partial charge in [-0.3, -0.25) is 0 Å². The summed E-state index contributed by atoms with van der Waals surface area (Å²) in [4.78, 5) is 0. The van der Waals surface area contributed by atoms with Crippen LogP contribution in [0.15, 0.2) is 18.2 Å². The van der Waals surface area contributed by atoms with E-state index in [9.17, 15) is 5.11 Å². The average molecular weight is 195 g/mol. The van der Waals surface area contributed by atoms with Crippen molar-refractivity contribution in [3.8, 4) is 10.8 Å². The number of fused-ring (bicyclic) bond motifs is 1. The Morgan fingerprint density at radius 3 is 2.85 bits per heavy atom. The first kappa shape index (κ1) is 8.19. The summed E-state index contributed by atoms with van der Waals surface area (Å²) in [6.07, 6.45) is 0. The molecule has 0 bridgehead atoms. The number of methoxy groups -OCH3 is 1. The van der Waals surface area contributed by atoms with E-state index in [1.165, 1.54) is 18.4 Å². The third-order valence-electron chi connectivity index (χ3n) is 1.87. The molecule has 4 heteroatoms. The van der Waals surface area contributed by atoms with Gasteiger partial charge < -0.3 is 15.6 Å². The van der Waals surface area contributed by atoms with Crippen molar-refractivity contribution in [1.82, 2.24) is 0 Å². The molecule has 0 aliphatic carbocycles. The normalized spacial score (nSPS) is 10.5. The highest BCUT2D eigenvalue weighted by Gasteiger charge is 2.12. The highest BCUT2D eigenvalue weighted by Crippen LogP contribution is 2.44. The number of nitrogens with two attached hydrogens (primary N) is 1. The lowest BCUT2D eigenvalue weighted by Gasteiger charge is -1.93. The predicted octanol–water partition coefficient (Wildman–Crippen LogP) is 2.20. The number of aromatic hydroxyl groups is 1. The Labute approximate surface area is 79.4 Å². The van der Waals surface area contributed by atoms with E-state index in [0.29, 0.717) is 10.8 Å². The second kappa shape index (κ2) is 2.81. The smallest absolute Gasteiger partial charge is 0.217 e. The maximum Gasteiger partial charge on any atom is 0.217 e. The van der Waals surface area contributed by atoms with E-state index in [1.807, 2.05) is 12.1 Å². The van der Waals surface area contributed by atoms with Crippen LogP contribution in [-0.2, 0) is 0 Å².